The van der Waals surface area contributed by atoms with E-state index in [2.05, 4.69) is 6.92 Å². The molecule has 1 heterocycles. The van der Waals surface area contributed by atoms with Gasteiger partial charge in [-0.15, -0.1) is 0 Å². The summed E-state index contributed by atoms with van der Waals surface area (Å²) < 4.78 is 39.2. The Kier molecular flexibility index (Phi) is 8.02. The summed E-state index contributed by atoms with van der Waals surface area (Å²) in [6.45, 7) is 3.78. The van der Waals surface area contributed by atoms with Crippen LogP contribution in [-0.4, -0.2) is 70.8 Å². The molecule has 1 aliphatic heterocycles. The Morgan fingerprint density at radius 2 is 1.95 bits per heavy atom. The summed E-state index contributed by atoms with van der Waals surface area (Å²) in [5, 5.41) is 0. The SMILES string of the molecule is CCCCN1C=CN(C)C1OS(=O)(=O)CCOCCOC. The van der Waals surface area contributed by atoms with Crippen LogP contribution in [0.4, 0.5) is 0 Å². The van der Waals surface area contributed by atoms with Gasteiger partial charge in [0.15, 0.2) is 0 Å². The van der Waals surface area contributed by atoms with Gasteiger partial charge in [-0.2, -0.15) is 8.42 Å². The maximum Gasteiger partial charge on any atom is 0.273 e. The number of methoxy groups -OCH3 is 1. The molecule has 0 bridgehead atoms. The normalized spacial score (nSPS) is 18.7. The molecule has 0 N–H and O–H groups in total. The van der Waals surface area contributed by atoms with Crippen molar-refractivity contribution in [1.82, 2.24) is 9.80 Å². The zero-order valence-electron chi connectivity index (χ0n) is 13.0. The van der Waals surface area contributed by atoms with Crippen LogP contribution in [-0.2, 0) is 23.8 Å². The molecule has 1 atom stereocenters. The van der Waals surface area contributed by atoms with Gasteiger partial charge in [0.25, 0.3) is 10.1 Å². The van der Waals surface area contributed by atoms with Crippen molar-refractivity contribution >= 4 is 10.1 Å². The summed E-state index contributed by atoms with van der Waals surface area (Å²) in [6.07, 6.45) is 5.09. The lowest BCUT2D eigenvalue weighted by Crippen LogP contribution is -2.41. The monoisotopic (exact) mass is 322 g/mol. The molecule has 0 aromatic heterocycles. The van der Waals surface area contributed by atoms with Crippen LogP contribution in [0.25, 0.3) is 0 Å². The highest BCUT2D eigenvalue weighted by atomic mass is 32.2. The second kappa shape index (κ2) is 9.24. The predicted molar refractivity (Wildman–Crippen MR) is 79.9 cm³/mol. The summed E-state index contributed by atoms with van der Waals surface area (Å²) in [4.78, 5) is 3.62. The summed E-state index contributed by atoms with van der Waals surface area (Å²) >= 11 is 0. The number of nitrogens with zero attached hydrogens (tertiary/aromatic N) is 2. The highest BCUT2D eigenvalue weighted by Gasteiger charge is 2.29. The van der Waals surface area contributed by atoms with Crippen molar-refractivity contribution in [1.29, 1.82) is 0 Å². The highest BCUT2D eigenvalue weighted by molar-refractivity contribution is 7.86. The minimum absolute atomic E-state index is 0.102. The van der Waals surface area contributed by atoms with Crippen molar-refractivity contribution in [2.24, 2.45) is 0 Å². The molecule has 0 aliphatic carbocycles. The van der Waals surface area contributed by atoms with E-state index in [0.29, 0.717) is 13.2 Å². The van der Waals surface area contributed by atoms with Crippen LogP contribution >= 0.6 is 0 Å². The summed E-state index contributed by atoms with van der Waals surface area (Å²) in [5.74, 6) is -0.164. The zero-order chi connectivity index (χ0) is 15.7. The number of ether oxygens (including phenoxy) is 2. The minimum atomic E-state index is -3.63. The Bertz CT molecular complexity index is 413. The molecule has 0 saturated heterocycles. The minimum Gasteiger partial charge on any atom is -0.382 e. The van der Waals surface area contributed by atoms with E-state index in [9.17, 15) is 8.42 Å². The molecule has 0 aromatic rings. The lowest BCUT2D eigenvalue weighted by Gasteiger charge is -2.29. The second-order valence-corrected chi connectivity index (χ2v) is 6.56. The quantitative estimate of drug-likeness (QED) is 0.412. The maximum atomic E-state index is 12.0. The van der Waals surface area contributed by atoms with Gasteiger partial charge >= 0.3 is 0 Å². The third kappa shape index (κ3) is 6.64. The smallest absolute Gasteiger partial charge is 0.273 e. The van der Waals surface area contributed by atoms with E-state index in [4.69, 9.17) is 13.7 Å². The van der Waals surface area contributed by atoms with Crippen LogP contribution < -0.4 is 0 Å². The molecule has 1 unspecified atom stereocenters. The third-order valence-electron chi connectivity index (χ3n) is 3.04. The highest BCUT2D eigenvalue weighted by Crippen LogP contribution is 2.18. The fourth-order valence-electron chi connectivity index (χ4n) is 1.81. The first-order chi connectivity index (χ1) is 10.00. The van der Waals surface area contributed by atoms with Crippen molar-refractivity contribution in [3.05, 3.63) is 12.4 Å². The van der Waals surface area contributed by atoms with Crippen LogP contribution in [0.3, 0.4) is 0 Å². The lowest BCUT2D eigenvalue weighted by molar-refractivity contribution is -0.00970. The standard InChI is InChI=1S/C13H26N2O5S/c1-4-5-6-15-8-7-14(2)13(15)20-21(16,17)12-11-19-10-9-18-3/h7-8,13H,4-6,9-12H2,1-3H3. The van der Waals surface area contributed by atoms with Crippen molar-refractivity contribution in [3.63, 3.8) is 0 Å². The Morgan fingerprint density at radius 1 is 1.19 bits per heavy atom. The van der Waals surface area contributed by atoms with Crippen LogP contribution in [0.1, 0.15) is 19.8 Å². The van der Waals surface area contributed by atoms with Crippen LogP contribution in [0.15, 0.2) is 12.4 Å². The molecule has 1 aliphatic rings. The van der Waals surface area contributed by atoms with Gasteiger partial charge in [0.05, 0.1) is 25.6 Å². The van der Waals surface area contributed by atoms with E-state index in [-0.39, 0.29) is 12.4 Å². The summed E-state index contributed by atoms with van der Waals surface area (Å²) in [7, 11) is -0.276. The number of unbranched alkanes of at least 4 members (excludes halogenated alkanes) is 1. The molecule has 7 nitrogen and oxygen atoms in total. The molecule has 0 saturated carbocycles. The van der Waals surface area contributed by atoms with Gasteiger partial charge in [0.1, 0.15) is 0 Å². The fraction of sp³-hybridized carbons (Fsp3) is 0.846. The Morgan fingerprint density at radius 3 is 2.62 bits per heavy atom. The number of hydrogen-bond donors (Lipinski definition) is 0. The molecule has 0 aromatic carbocycles. The molecule has 0 amide bonds. The predicted octanol–water partition coefficient (Wildman–Crippen LogP) is 0.798. The van der Waals surface area contributed by atoms with Crippen molar-refractivity contribution in [3.8, 4) is 0 Å². The second-order valence-electron chi connectivity index (χ2n) is 4.84. The van der Waals surface area contributed by atoms with Gasteiger partial charge in [0, 0.05) is 33.1 Å². The average molecular weight is 322 g/mol. The van der Waals surface area contributed by atoms with Gasteiger partial charge in [-0.1, -0.05) is 13.3 Å². The maximum absolute atomic E-state index is 12.0. The van der Waals surface area contributed by atoms with Crippen molar-refractivity contribution in [2.75, 3.05) is 46.3 Å². The van der Waals surface area contributed by atoms with E-state index in [1.807, 2.05) is 17.3 Å². The van der Waals surface area contributed by atoms with Crippen molar-refractivity contribution in [2.45, 2.75) is 26.1 Å². The Balaban J connectivity index is 2.41. The first-order valence-electron chi connectivity index (χ1n) is 7.14. The zero-order valence-corrected chi connectivity index (χ0v) is 13.8. The Labute approximate surface area is 127 Å². The molecule has 0 spiro atoms. The molecule has 0 fully saturated rings. The van der Waals surface area contributed by atoms with Gasteiger partial charge < -0.3 is 19.3 Å². The third-order valence-corrected chi connectivity index (χ3v) is 4.17. The van der Waals surface area contributed by atoms with Gasteiger partial charge in [-0.25, -0.2) is 4.18 Å². The van der Waals surface area contributed by atoms with E-state index in [1.165, 1.54) is 0 Å². The number of hydrogen-bond acceptors (Lipinski definition) is 7. The van der Waals surface area contributed by atoms with Crippen LogP contribution in [0.5, 0.6) is 0 Å². The molecular weight excluding hydrogens is 296 g/mol. The largest absolute Gasteiger partial charge is 0.382 e. The first-order valence-corrected chi connectivity index (χ1v) is 8.71. The summed E-state index contributed by atoms with van der Waals surface area (Å²) in [6, 6.07) is 0. The van der Waals surface area contributed by atoms with Gasteiger partial charge in [-0.3, -0.25) is 0 Å². The van der Waals surface area contributed by atoms with Crippen LogP contribution in [0, 0.1) is 0 Å². The molecule has 21 heavy (non-hydrogen) atoms. The van der Waals surface area contributed by atoms with E-state index >= 15 is 0 Å². The molecular formula is C13H26N2O5S. The molecule has 1 rings (SSSR count). The number of rotatable bonds is 11. The molecule has 0 radical (unpaired) electrons. The van der Waals surface area contributed by atoms with E-state index < -0.39 is 16.5 Å². The van der Waals surface area contributed by atoms with Gasteiger partial charge in [0.2, 0.25) is 6.35 Å². The van der Waals surface area contributed by atoms with Crippen molar-refractivity contribution < 1.29 is 22.1 Å². The summed E-state index contributed by atoms with van der Waals surface area (Å²) in [5.41, 5.74) is 0. The first kappa shape index (κ1) is 18.2. The molecule has 124 valence electrons. The average Bonchev–Trinajstić information content (AvgIpc) is 2.77. The fourth-order valence-corrected chi connectivity index (χ4v) is 2.73. The van der Waals surface area contributed by atoms with Crippen LogP contribution in [0.2, 0.25) is 0 Å². The van der Waals surface area contributed by atoms with E-state index in [1.54, 1.807) is 19.1 Å². The van der Waals surface area contributed by atoms with E-state index in [0.717, 1.165) is 19.4 Å². The Hall–Kier alpha value is -0.830. The van der Waals surface area contributed by atoms with Gasteiger partial charge in [-0.05, 0) is 6.42 Å². The lowest BCUT2D eigenvalue weighted by atomic mass is 10.3. The topological polar surface area (TPSA) is 68.3 Å². The molecule has 8 heteroatoms.